The van der Waals surface area contributed by atoms with Crippen LogP contribution in [0.5, 0.6) is 5.75 Å². The Morgan fingerprint density at radius 1 is 1.03 bits per heavy atom. The Hall–Kier alpha value is -3.09. The smallest absolute Gasteiger partial charge is 0.317 e. The maximum atomic E-state index is 12.9. The molecule has 1 fully saturated rings. The van der Waals surface area contributed by atoms with Crippen molar-refractivity contribution in [2.75, 3.05) is 20.2 Å². The fourth-order valence-corrected chi connectivity index (χ4v) is 3.35. The summed E-state index contributed by atoms with van der Waals surface area (Å²) in [5.74, 6) is 0.324. The van der Waals surface area contributed by atoms with Gasteiger partial charge in [-0.05, 0) is 48.2 Å². The maximum Gasteiger partial charge on any atom is 0.317 e. The Morgan fingerprint density at radius 3 is 2.41 bits per heavy atom. The Labute approximate surface area is 170 Å². The van der Waals surface area contributed by atoms with Crippen LogP contribution in [0.3, 0.4) is 0 Å². The molecular weight excluding hydrogens is 373 g/mol. The summed E-state index contributed by atoms with van der Waals surface area (Å²) in [5, 5.41) is 5.81. The van der Waals surface area contributed by atoms with E-state index < -0.39 is 0 Å². The van der Waals surface area contributed by atoms with E-state index in [1.54, 1.807) is 24.1 Å². The molecule has 1 aliphatic heterocycles. The molecule has 2 N–H and O–H groups in total. The molecule has 1 saturated heterocycles. The molecule has 1 heterocycles. The highest BCUT2D eigenvalue weighted by Gasteiger charge is 2.27. The van der Waals surface area contributed by atoms with Gasteiger partial charge in [-0.3, -0.25) is 4.79 Å². The average molecular weight is 399 g/mol. The Bertz CT molecular complexity index is 833. The van der Waals surface area contributed by atoms with E-state index >= 15 is 0 Å². The molecule has 2 aromatic carbocycles. The number of hydrogen-bond acceptors (Lipinski definition) is 3. The summed E-state index contributed by atoms with van der Waals surface area (Å²) in [6.45, 7) is 1.88. The number of nitrogens with one attached hydrogen (secondary N) is 2. The van der Waals surface area contributed by atoms with Crippen molar-refractivity contribution >= 4 is 11.9 Å². The van der Waals surface area contributed by atoms with Gasteiger partial charge in [0.1, 0.15) is 11.6 Å². The van der Waals surface area contributed by atoms with Crippen molar-refractivity contribution in [3.8, 4) is 5.75 Å². The van der Waals surface area contributed by atoms with Crippen molar-refractivity contribution in [3.05, 3.63) is 65.5 Å². The lowest BCUT2D eigenvalue weighted by Gasteiger charge is -2.31. The number of nitrogens with zero attached hydrogens (tertiary/aromatic N) is 1. The van der Waals surface area contributed by atoms with Gasteiger partial charge in [-0.15, -0.1) is 0 Å². The Balaban J connectivity index is 1.40. The number of halogens is 1. The molecule has 0 aliphatic carbocycles. The van der Waals surface area contributed by atoms with Crippen molar-refractivity contribution in [2.45, 2.75) is 25.9 Å². The first-order valence-electron chi connectivity index (χ1n) is 9.73. The molecule has 3 amide bonds. The van der Waals surface area contributed by atoms with Crippen LogP contribution in [-0.4, -0.2) is 37.0 Å². The van der Waals surface area contributed by atoms with Crippen LogP contribution in [0.25, 0.3) is 0 Å². The van der Waals surface area contributed by atoms with Crippen LogP contribution in [0.15, 0.2) is 48.5 Å². The van der Waals surface area contributed by atoms with Crippen molar-refractivity contribution in [1.29, 1.82) is 0 Å². The number of carbonyl (C=O) groups is 2. The van der Waals surface area contributed by atoms with Crippen LogP contribution in [0, 0.1) is 11.7 Å². The van der Waals surface area contributed by atoms with E-state index in [1.165, 1.54) is 12.1 Å². The third-order valence-corrected chi connectivity index (χ3v) is 5.11. The summed E-state index contributed by atoms with van der Waals surface area (Å²) in [6, 6.07) is 13.5. The largest absolute Gasteiger partial charge is 0.497 e. The molecule has 0 aromatic heterocycles. The highest BCUT2D eigenvalue weighted by Crippen LogP contribution is 2.18. The molecule has 29 heavy (non-hydrogen) atoms. The van der Waals surface area contributed by atoms with Gasteiger partial charge in [0.2, 0.25) is 5.91 Å². The molecule has 6 nitrogen and oxygen atoms in total. The van der Waals surface area contributed by atoms with Crippen LogP contribution < -0.4 is 15.4 Å². The van der Waals surface area contributed by atoms with Gasteiger partial charge < -0.3 is 20.3 Å². The predicted molar refractivity (Wildman–Crippen MR) is 108 cm³/mol. The number of urea groups is 1. The van der Waals surface area contributed by atoms with E-state index in [-0.39, 0.29) is 23.7 Å². The summed E-state index contributed by atoms with van der Waals surface area (Å²) in [6.07, 6.45) is 1.25. The zero-order chi connectivity index (χ0) is 20.6. The van der Waals surface area contributed by atoms with Gasteiger partial charge in [-0.1, -0.05) is 24.3 Å². The van der Waals surface area contributed by atoms with Gasteiger partial charge in [-0.25, -0.2) is 9.18 Å². The number of methoxy groups -OCH3 is 1. The van der Waals surface area contributed by atoms with Crippen LogP contribution in [0.4, 0.5) is 9.18 Å². The first-order valence-corrected chi connectivity index (χ1v) is 9.73. The Morgan fingerprint density at radius 2 is 1.72 bits per heavy atom. The fraction of sp³-hybridized carbons (Fsp3) is 0.364. The number of hydrogen-bond donors (Lipinski definition) is 2. The minimum absolute atomic E-state index is 0.0224. The van der Waals surface area contributed by atoms with E-state index in [2.05, 4.69) is 10.6 Å². The first kappa shape index (κ1) is 20.6. The van der Waals surface area contributed by atoms with Gasteiger partial charge in [0.05, 0.1) is 7.11 Å². The average Bonchev–Trinajstić information content (AvgIpc) is 2.77. The van der Waals surface area contributed by atoms with Crippen molar-refractivity contribution < 1.29 is 18.7 Å². The lowest BCUT2D eigenvalue weighted by atomic mass is 9.96. The second kappa shape index (κ2) is 9.91. The number of rotatable bonds is 6. The van der Waals surface area contributed by atoms with Crippen LogP contribution in [-0.2, 0) is 17.9 Å². The molecule has 7 heteroatoms. The zero-order valence-electron chi connectivity index (χ0n) is 16.5. The molecule has 0 spiro atoms. The number of amides is 3. The first-order chi connectivity index (χ1) is 14.0. The molecule has 0 radical (unpaired) electrons. The maximum absolute atomic E-state index is 12.9. The molecule has 3 rings (SSSR count). The lowest BCUT2D eigenvalue weighted by Crippen LogP contribution is -2.46. The molecule has 0 unspecified atom stereocenters. The normalized spacial score (nSPS) is 14.3. The van der Waals surface area contributed by atoms with Gasteiger partial charge in [0.15, 0.2) is 0 Å². The molecule has 0 bridgehead atoms. The molecule has 1 aliphatic rings. The summed E-state index contributed by atoms with van der Waals surface area (Å²) in [7, 11) is 1.61. The summed E-state index contributed by atoms with van der Waals surface area (Å²) >= 11 is 0. The van der Waals surface area contributed by atoms with E-state index in [0.717, 1.165) is 16.9 Å². The minimum atomic E-state index is -0.294. The fourth-order valence-electron chi connectivity index (χ4n) is 3.35. The monoisotopic (exact) mass is 399 g/mol. The predicted octanol–water partition coefficient (Wildman–Crippen LogP) is 3.07. The summed E-state index contributed by atoms with van der Waals surface area (Å²) in [4.78, 5) is 26.5. The van der Waals surface area contributed by atoms with Gasteiger partial charge >= 0.3 is 6.03 Å². The van der Waals surface area contributed by atoms with E-state index in [1.807, 2.05) is 24.3 Å². The molecule has 0 saturated carbocycles. The minimum Gasteiger partial charge on any atom is -0.497 e. The van der Waals surface area contributed by atoms with Crippen molar-refractivity contribution in [2.24, 2.45) is 5.92 Å². The third kappa shape index (κ3) is 5.94. The Kier molecular flexibility index (Phi) is 7.05. The van der Waals surface area contributed by atoms with Gasteiger partial charge in [0.25, 0.3) is 0 Å². The van der Waals surface area contributed by atoms with Crippen molar-refractivity contribution in [1.82, 2.24) is 15.5 Å². The number of benzene rings is 2. The molecule has 2 aromatic rings. The van der Waals surface area contributed by atoms with Crippen molar-refractivity contribution in [3.63, 3.8) is 0 Å². The zero-order valence-corrected chi connectivity index (χ0v) is 16.5. The highest BCUT2D eigenvalue weighted by molar-refractivity contribution is 5.79. The summed E-state index contributed by atoms with van der Waals surface area (Å²) < 4.78 is 18.1. The topological polar surface area (TPSA) is 70.7 Å². The number of piperidine rings is 1. The number of ether oxygens (including phenoxy) is 1. The second-order valence-corrected chi connectivity index (χ2v) is 7.12. The van der Waals surface area contributed by atoms with Crippen LogP contribution in [0.2, 0.25) is 0 Å². The highest BCUT2D eigenvalue weighted by atomic mass is 19.1. The van der Waals surface area contributed by atoms with Crippen LogP contribution >= 0.6 is 0 Å². The van der Waals surface area contributed by atoms with E-state index in [9.17, 15) is 14.0 Å². The molecule has 0 atom stereocenters. The molecule has 154 valence electrons. The molecular formula is C22H26FN3O3. The van der Waals surface area contributed by atoms with Gasteiger partial charge in [0, 0.05) is 32.1 Å². The second-order valence-electron chi connectivity index (χ2n) is 7.12. The van der Waals surface area contributed by atoms with E-state index in [0.29, 0.717) is 39.0 Å². The SMILES string of the molecule is COc1cccc(CNC(=O)N2CCC(C(=O)NCc3ccc(F)cc3)CC2)c1. The number of carbonyl (C=O) groups excluding carboxylic acids is 2. The van der Waals surface area contributed by atoms with Crippen LogP contribution in [0.1, 0.15) is 24.0 Å². The lowest BCUT2D eigenvalue weighted by molar-refractivity contribution is -0.126. The quantitative estimate of drug-likeness (QED) is 0.784. The standard InChI is InChI=1S/C22H26FN3O3/c1-29-20-4-2-3-17(13-20)15-25-22(28)26-11-9-18(10-12-26)21(27)24-14-16-5-7-19(23)8-6-16/h2-8,13,18H,9-12,14-15H2,1H3,(H,24,27)(H,25,28). The third-order valence-electron chi connectivity index (χ3n) is 5.11. The van der Waals surface area contributed by atoms with E-state index in [4.69, 9.17) is 4.74 Å². The summed E-state index contributed by atoms with van der Waals surface area (Å²) in [5.41, 5.74) is 1.82. The van der Waals surface area contributed by atoms with Gasteiger partial charge in [-0.2, -0.15) is 0 Å². The number of likely N-dealkylation sites (tertiary alicyclic amines) is 1.